The van der Waals surface area contributed by atoms with E-state index < -0.39 is 13.3 Å². The van der Waals surface area contributed by atoms with Crippen molar-refractivity contribution in [3.63, 3.8) is 0 Å². The highest BCUT2D eigenvalue weighted by molar-refractivity contribution is 7.77. The van der Waals surface area contributed by atoms with Gasteiger partial charge in [0.2, 0.25) is 0 Å². The first-order chi connectivity index (χ1) is 24.2. The van der Waals surface area contributed by atoms with Crippen molar-refractivity contribution in [3.05, 3.63) is 218 Å². The Morgan fingerprint density at radius 1 is 0.735 bits per heavy atom. The Kier molecular flexibility index (Phi) is 10.5. The lowest BCUT2D eigenvalue weighted by Gasteiger charge is -2.41. The molecule has 0 radical (unpaired) electrons. The number of benzene rings is 5. The van der Waals surface area contributed by atoms with Crippen molar-refractivity contribution in [1.82, 2.24) is 0 Å². The first-order valence-corrected chi connectivity index (χ1v) is 18.3. The maximum atomic E-state index is 4.09. The van der Waals surface area contributed by atoms with Crippen LogP contribution >= 0.6 is 7.92 Å². The van der Waals surface area contributed by atoms with Crippen LogP contribution in [0.3, 0.4) is 0 Å². The molecule has 7 rings (SSSR count). The molecule has 1 nitrogen and oxygen atoms in total. The summed E-state index contributed by atoms with van der Waals surface area (Å²) >= 11 is 0. The molecule has 1 aliphatic heterocycles. The minimum atomic E-state index is -0.831. The van der Waals surface area contributed by atoms with Crippen LogP contribution in [0.25, 0.3) is 11.1 Å². The van der Waals surface area contributed by atoms with Crippen molar-refractivity contribution in [2.45, 2.75) is 19.3 Å². The summed E-state index contributed by atoms with van der Waals surface area (Å²) in [6, 6.07) is 47.3. The summed E-state index contributed by atoms with van der Waals surface area (Å²) in [6.45, 7) is 15.4. The molecule has 0 fully saturated rings. The quantitative estimate of drug-likeness (QED) is 0.100. The van der Waals surface area contributed by atoms with Crippen LogP contribution in [0, 0.1) is 5.92 Å². The van der Waals surface area contributed by atoms with Crippen LogP contribution in [0.4, 0.5) is 11.4 Å². The Labute approximate surface area is 294 Å². The van der Waals surface area contributed by atoms with E-state index in [0.717, 1.165) is 6.54 Å². The Morgan fingerprint density at radius 2 is 1.39 bits per heavy atom. The summed E-state index contributed by atoms with van der Waals surface area (Å²) in [5, 5.41) is 3.96. The molecule has 3 unspecified atom stereocenters. The molecular formula is C47H44NP. The Bertz CT molecular complexity index is 2030. The number of anilines is 2. The average molecular weight is 654 g/mol. The molecule has 5 aromatic carbocycles. The van der Waals surface area contributed by atoms with Crippen LogP contribution in [-0.4, -0.2) is 6.54 Å². The molecule has 1 spiro atoms. The molecule has 2 aliphatic rings. The standard InChI is InChI=1S/C45H40NP.C2H4/c1-4-19-36(20-5-2)47(37-24-12-7-13-25-37)38-30-31-40-39-26-14-15-27-41(39)45(43(40)33-38)34(3)21-9-8-18-32-46(35-22-10-6-11-23-35)44-29-17-16-28-42(44)45;1-2/h4-31,33-34H,1,32H2,2-3H3;1-2H2/b18-8-,20-5-,21-9-,36-19+;. The monoisotopic (exact) mass is 653 g/mol. The number of allylic oxidation sites excluding steroid dienone is 8. The highest BCUT2D eigenvalue weighted by atomic mass is 31.1. The van der Waals surface area contributed by atoms with Gasteiger partial charge in [0, 0.05) is 17.9 Å². The fourth-order valence-corrected chi connectivity index (χ4v) is 10.00. The lowest BCUT2D eigenvalue weighted by molar-refractivity contribution is 0.493. The van der Waals surface area contributed by atoms with Crippen molar-refractivity contribution in [2.75, 3.05) is 11.4 Å². The van der Waals surface area contributed by atoms with Gasteiger partial charge in [0.05, 0.1) is 5.41 Å². The second-order valence-corrected chi connectivity index (χ2v) is 14.4. The van der Waals surface area contributed by atoms with E-state index in [1.807, 2.05) is 6.08 Å². The van der Waals surface area contributed by atoms with E-state index in [-0.39, 0.29) is 5.92 Å². The van der Waals surface area contributed by atoms with Crippen molar-refractivity contribution in [3.8, 4) is 11.1 Å². The molecule has 49 heavy (non-hydrogen) atoms. The summed E-state index contributed by atoms with van der Waals surface area (Å²) < 4.78 is 0. The molecule has 0 bridgehead atoms. The third-order valence-corrected chi connectivity index (χ3v) is 12.0. The normalized spacial score (nSPS) is 19.9. The summed E-state index contributed by atoms with van der Waals surface area (Å²) in [6.07, 6.45) is 17.7. The average Bonchev–Trinajstić information content (AvgIpc) is 3.45. The molecule has 0 amide bonds. The van der Waals surface area contributed by atoms with E-state index in [2.05, 4.69) is 208 Å². The number of hydrogen-bond donors (Lipinski definition) is 0. The smallest absolute Gasteiger partial charge is 0.0544 e. The summed E-state index contributed by atoms with van der Waals surface area (Å²) in [4.78, 5) is 2.47. The predicted octanol–water partition coefficient (Wildman–Crippen LogP) is 11.8. The van der Waals surface area contributed by atoms with Gasteiger partial charge in [-0.25, -0.2) is 0 Å². The van der Waals surface area contributed by atoms with Crippen LogP contribution in [0.2, 0.25) is 0 Å². The molecule has 0 saturated carbocycles. The molecular weight excluding hydrogens is 609 g/mol. The maximum absolute atomic E-state index is 4.09. The SMILES string of the molecule is C=C.C=C/C=C(\C=C/C)P(c1ccccc1)c1ccc2c(c1)C1(c3ccccc3-2)c2ccccc2N(c2ccccc2)C/C=C\C=C/C1C. The van der Waals surface area contributed by atoms with E-state index >= 15 is 0 Å². The number of rotatable bonds is 6. The van der Waals surface area contributed by atoms with E-state index in [0.29, 0.717) is 0 Å². The van der Waals surface area contributed by atoms with Crippen LogP contribution < -0.4 is 15.5 Å². The highest BCUT2D eigenvalue weighted by Crippen LogP contribution is 2.59. The fraction of sp³-hybridized carbons (Fsp3) is 0.106. The minimum absolute atomic E-state index is 0.170. The Hall–Kier alpha value is -5.23. The van der Waals surface area contributed by atoms with E-state index in [1.165, 1.54) is 55.1 Å². The van der Waals surface area contributed by atoms with Crippen molar-refractivity contribution in [2.24, 2.45) is 5.92 Å². The molecule has 1 heterocycles. The largest absolute Gasteiger partial charge is 0.337 e. The molecule has 3 atom stereocenters. The molecule has 1 aliphatic carbocycles. The van der Waals surface area contributed by atoms with Crippen molar-refractivity contribution < 1.29 is 0 Å². The Morgan fingerprint density at radius 3 is 2.12 bits per heavy atom. The maximum Gasteiger partial charge on any atom is 0.0544 e. The zero-order valence-electron chi connectivity index (χ0n) is 28.5. The molecule has 0 N–H and O–H groups in total. The van der Waals surface area contributed by atoms with Gasteiger partial charge >= 0.3 is 0 Å². The van der Waals surface area contributed by atoms with Gasteiger partial charge in [0.1, 0.15) is 0 Å². The van der Waals surface area contributed by atoms with Gasteiger partial charge in [-0.15, -0.1) is 13.2 Å². The van der Waals surface area contributed by atoms with Crippen LogP contribution in [0.1, 0.15) is 30.5 Å². The second kappa shape index (κ2) is 15.3. The van der Waals surface area contributed by atoms with Gasteiger partial charge in [-0.1, -0.05) is 165 Å². The van der Waals surface area contributed by atoms with Gasteiger partial charge in [0.25, 0.3) is 0 Å². The molecule has 5 aromatic rings. The van der Waals surface area contributed by atoms with E-state index in [4.69, 9.17) is 0 Å². The lowest BCUT2D eigenvalue weighted by atomic mass is 9.64. The molecule has 0 aromatic heterocycles. The zero-order chi connectivity index (χ0) is 34.2. The van der Waals surface area contributed by atoms with Gasteiger partial charge in [-0.3, -0.25) is 0 Å². The van der Waals surface area contributed by atoms with Gasteiger partial charge < -0.3 is 4.90 Å². The van der Waals surface area contributed by atoms with E-state index in [1.54, 1.807) is 0 Å². The number of hydrogen-bond acceptors (Lipinski definition) is 1. The summed E-state index contributed by atoms with van der Waals surface area (Å²) in [5.74, 6) is 0.170. The third-order valence-electron chi connectivity index (χ3n) is 9.53. The minimum Gasteiger partial charge on any atom is -0.337 e. The van der Waals surface area contributed by atoms with Crippen LogP contribution in [-0.2, 0) is 5.41 Å². The zero-order valence-corrected chi connectivity index (χ0v) is 29.4. The van der Waals surface area contributed by atoms with Crippen LogP contribution in [0.5, 0.6) is 0 Å². The molecule has 242 valence electrons. The van der Waals surface area contributed by atoms with Gasteiger partial charge in [-0.05, 0) is 88.8 Å². The van der Waals surface area contributed by atoms with Crippen LogP contribution in [0.15, 0.2) is 201 Å². The van der Waals surface area contributed by atoms with Gasteiger partial charge in [-0.2, -0.15) is 0 Å². The number of para-hydroxylation sites is 2. The molecule has 2 heteroatoms. The van der Waals surface area contributed by atoms with Crippen molar-refractivity contribution in [1.29, 1.82) is 0 Å². The Balaban J connectivity index is 0.00000205. The predicted molar refractivity (Wildman–Crippen MR) is 216 cm³/mol. The lowest BCUT2D eigenvalue weighted by Crippen LogP contribution is -2.36. The van der Waals surface area contributed by atoms with Gasteiger partial charge in [0.15, 0.2) is 0 Å². The number of fused-ring (bicyclic) bond motifs is 7. The summed E-state index contributed by atoms with van der Waals surface area (Å²) in [7, 11) is -0.831. The second-order valence-electron chi connectivity index (χ2n) is 12.1. The topological polar surface area (TPSA) is 3.24 Å². The van der Waals surface area contributed by atoms with Crippen molar-refractivity contribution >= 4 is 29.9 Å². The highest BCUT2D eigenvalue weighted by Gasteiger charge is 2.49. The summed E-state index contributed by atoms with van der Waals surface area (Å²) in [5.41, 5.74) is 8.74. The fourth-order valence-electron chi connectivity index (χ4n) is 7.60. The first-order valence-electron chi connectivity index (χ1n) is 17.0. The van der Waals surface area contributed by atoms with E-state index in [9.17, 15) is 0 Å². The third kappa shape index (κ3) is 6.12. The number of nitrogens with zero attached hydrogens (tertiary/aromatic N) is 1. The molecule has 0 saturated heterocycles. The first kappa shape index (κ1) is 33.7.